The molecular formula is C14H19N5O2S2. The molecule has 0 aromatic carbocycles. The lowest BCUT2D eigenvalue weighted by Crippen LogP contribution is -2.41. The lowest BCUT2D eigenvalue weighted by molar-refractivity contribution is -0.120. The van der Waals surface area contributed by atoms with Crippen molar-refractivity contribution in [2.75, 3.05) is 5.75 Å². The molecule has 3 N–H and O–H groups in total. The highest BCUT2D eigenvalue weighted by atomic mass is 32.2. The van der Waals surface area contributed by atoms with Gasteiger partial charge in [0, 0.05) is 5.54 Å². The van der Waals surface area contributed by atoms with Crippen molar-refractivity contribution < 1.29 is 9.59 Å². The summed E-state index contributed by atoms with van der Waals surface area (Å²) in [6, 6.07) is 3.79. The van der Waals surface area contributed by atoms with Crippen LogP contribution in [-0.2, 0) is 16.1 Å². The molecule has 23 heavy (non-hydrogen) atoms. The van der Waals surface area contributed by atoms with E-state index in [1.165, 1.54) is 23.1 Å². The molecule has 2 rings (SSSR count). The molecule has 0 unspecified atom stereocenters. The third-order valence-corrected chi connectivity index (χ3v) is 4.45. The van der Waals surface area contributed by atoms with Gasteiger partial charge in [-0.15, -0.1) is 21.5 Å². The fraction of sp³-hybridized carbons (Fsp3) is 0.429. The molecule has 2 amide bonds. The van der Waals surface area contributed by atoms with Gasteiger partial charge in [-0.2, -0.15) is 0 Å². The van der Waals surface area contributed by atoms with Crippen molar-refractivity contribution >= 4 is 34.9 Å². The summed E-state index contributed by atoms with van der Waals surface area (Å²) in [4.78, 5) is 24.1. The molecule has 0 aliphatic rings. The third-order valence-electron chi connectivity index (χ3n) is 2.62. The summed E-state index contributed by atoms with van der Waals surface area (Å²) in [7, 11) is 0. The smallest absolute Gasteiger partial charge is 0.237 e. The van der Waals surface area contributed by atoms with Crippen molar-refractivity contribution in [1.82, 2.24) is 20.1 Å². The fourth-order valence-electron chi connectivity index (χ4n) is 1.87. The number of nitrogens with zero attached hydrogens (tertiary/aromatic N) is 3. The standard InChI is InChI=1S/C14H19N5O2S2/c1-14(2,3)16-11(21)8-23-13-18-17-12(9-5-4-6-22-9)19(13)7-10(15)20/h4-6H,7-8H2,1-3H3,(H2,15,20)(H,16,21). The molecule has 2 aromatic rings. The van der Waals surface area contributed by atoms with Crippen LogP contribution in [0.2, 0.25) is 0 Å². The highest BCUT2D eigenvalue weighted by molar-refractivity contribution is 7.99. The predicted molar refractivity (Wildman–Crippen MR) is 91.1 cm³/mol. The Balaban J connectivity index is 2.15. The van der Waals surface area contributed by atoms with Crippen LogP contribution in [0, 0.1) is 0 Å². The molecule has 7 nitrogen and oxygen atoms in total. The molecule has 0 saturated carbocycles. The Morgan fingerprint density at radius 2 is 2.13 bits per heavy atom. The minimum atomic E-state index is -0.483. The predicted octanol–water partition coefficient (Wildman–Crippen LogP) is 1.50. The van der Waals surface area contributed by atoms with E-state index in [-0.39, 0.29) is 23.7 Å². The first-order valence-electron chi connectivity index (χ1n) is 6.95. The van der Waals surface area contributed by atoms with E-state index in [1.54, 1.807) is 4.57 Å². The lowest BCUT2D eigenvalue weighted by Gasteiger charge is -2.20. The largest absolute Gasteiger partial charge is 0.368 e. The number of hydrogen-bond acceptors (Lipinski definition) is 6. The zero-order chi connectivity index (χ0) is 17.0. The van der Waals surface area contributed by atoms with Crippen molar-refractivity contribution in [2.45, 2.75) is 38.0 Å². The first-order valence-corrected chi connectivity index (χ1v) is 8.82. The second-order valence-corrected chi connectivity index (χ2v) is 7.81. The van der Waals surface area contributed by atoms with Gasteiger partial charge in [0.05, 0.1) is 10.6 Å². The number of amides is 2. The summed E-state index contributed by atoms with van der Waals surface area (Å²) >= 11 is 2.73. The zero-order valence-corrected chi connectivity index (χ0v) is 14.8. The van der Waals surface area contributed by atoms with Crippen molar-refractivity contribution in [1.29, 1.82) is 0 Å². The summed E-state index contributed by atoms with van der Waals surface area (Å²) in [5.41, 5.74) is 5.02. The van der Waals surface area contributed by atoms with Crippen LogP contribution in [0.3, 0.4) is 0 Å². The normalized spacial score (nSPS) is 11.4. The van der Waals surface area contributed by atoms with Crippen molar-refractivity contribution in [3.8, 4) is 10.7 Å². The molecule has 0 radical (unpaired) electrons. The summed E-state index contributed by atoms with van der Waals surface area (Å²) in [6.07, 6.45) is 0. The third kappa shape index (κ3) is 5.07. The van der Waals surface area contributed by atoms with Gasteiger partial charge in [-0.05, 0) is 32.2 Å². The zero-order valence-electron chi connectivity index (χ0n) is 13.2. The molecule has 0 spiro atoms. The number of rotatable bonds is 6. The average molecular weight is 353 g/mol. The highest BCUT2D eigenvalue weighted by Gasteiger charge is 2.19. The van der Waals surface area contributed by atoms with Crippen LogP contribution in [0.4, 0.5) is 0 Å². The second kappa shape index (κ2) is 7.14. The molecule has 0 aliphatic heterocycles. The summed E-state index contributed by atoms with van der Waals surface area (Å²) in [5.74, 6) is 0.188. The minimum absolute atomic E-state index is 0.0243. The molecule has 0 aliphatic carbocycles. The van der Waals surface area contributed by atoms with Crippen LogP contribution in [0.5, 0.6) is 0 Å². The Morgan fingerprint density at radius 3 is 2.70 bits per heavy atom. The number of thioether (sulfide) groups is 1. The van der Waals surface area contributed by atoms with E-state index >= 15 is 0 Å². The van der Waals surface area contributed by atoms with Crippen molar-refractivity contribution in [3.63, 3.8) is 0 Å². The van der Waals surface area contributed by atoms with Gasteiger partial charge in [0.2, 0.25) is 11.8 Å². The van der Waals surface area contributed by atoms with Crippen LogP contribution < -0.4 is 11.1 Å². The number of thiophene rings is 1. The maximum Gasteiger partial charge on any atom is 0.237 e. The van der Waals surface area contributed by atoms with E-state index in [1.807, 2.05) is 38.3 Å². The molecule has 0 bridgehead atoms. The molecule has 2 aromatic heterocycles. The molecule has 0 saturated heterocycles. The van der Waals surface area contributed by atoms with Gasteiger partial charge >= 0.3 is 0 Å². The molecule has 124 valence electrons. The van der Waals surface area contributed by atoms with Gasteiger partial charge in [-0.25, -0.2) is 0 Å². The van der Waals surface area contributed by atoms with E-state index in [2.05, 4.69) is 15.5 Å². The average Bonchev–Trinajstić information content (AvgIpc) is 3.03. The first kappa shape index (κ1) is 17.5. The Labute approximate surface area is 142 Å². The monoisotopic (exact) mass is 353 g/mol. The van der Waals surface area contributed by atoms with Gasteiger partial charge in [-0.3, -0.25) is 14.2 Å². The Bertz CT molecular complexity index is 689. The topological polar surface area (TPSA) is 103 Å². The van der Waals surface area contributed by atoms with Crippen molar-refractivity contribution in [2.24, 2.45) is 5.73 Å². The lowest BCUT2D eigenvalue weighted by atomic mass is 10.1. The maximum absolute atomic E-state index is 11.9. The van der Waals surface area contributed by atoms with Gasteiger partial charge in [-0.1, -0.05) is 17.8 Å². The summed E-state index contributed by atoms with van der Waals surface area (Å²) in [6.45, 7) is 5.73. The molecule has 9 heteroatoms. The minimum Gasteiger partial charge on any atom is -0.368 e. The van der Waals surface area contributed by atoms with Gasteiger partial charge < -0.3 is 11.1 Å². The van der Waals surface area contributed by atoms with Crippen LogP contribution in [0.15, 0.2) is 22.7 Å². The Morgan fingerprint density at radius 1 is 1.39 bits per heavy atom. The van der Waals surface area contributed by atoms with Gasteiger partial charge in [0.15, 0.2) is 11.0 Å². The van der Waals surface area contributed by atoms with Crippen molar-refractivity contribution in [3.05, 3.63) is 17.5 Å². The number of carbonyl (C=O) groups is 2. The first-order chi connectivity index (χ1) is 10.8. The summed E-state index contributed by atoms with van der Waals surface area (Å²) < 4.78 is 1.64. The molecule has 0 fully saturated rings. The highest BCUT2D eigenvalue weighted by Crippen LogP contribution is 2.27. The number of hydrogen-bond donors (Lipinski definition) is 2. The Kier molecular flexibility index (Phi) is 5.42. The number of nitrogens with one attached hydrogen (secondary N) is 1. The van der Waals surface area contributed by atoms with E-state index < -0.39 is 5.91 Å². The fourth-order valence-corrected chi connectivity index (χ4v) is 3.32. The SMILES string of the molecule is CC(C)(C)NC(=O)CSc1nnc(-c2cccs2)n1CC(N)=O. The second-order valence-electron chi connectivity index (χ2n) is 5.92. The van der Waals surface area contributed by atoms with Gasteiger partial charge in [0.25, 0.3) is 0 Å². The Hall–Kier alpha value is -1.87. The van der Waals surface area contributed by atoms with Crippen LogP contribution in [0.1, 0.15) is 20.8 Å². The number of carbonyl (C=O) groups excluding carboxylic acids is 2. The maximum atomic E-state index is 11.9. The molecular weight excluding hydrogens is 334 g/mol. The van der Waals surface area contributed by atoms with Crippen LogP contribution >= 0.6 is 23.1 Å². The molecule has 2 heterocycles. The number of aromatic nitrogens is 3. The number of nitrogens with two attached hydrogens (primary N) is 1. The number of primary amides is 1. The quantitative estimate of drug-likeness (QED) is 0.766. The van der Waals surface area contributed by atoms with Crippen LogP contribution in [-0.4, -0.2) is 37.9 Å². The van der Waals surface area contributed by atoms with E-state index in [0.29, 0.717) is 11.0 Å². The van der Waals surface area contributed by atoms with Gasteiger partial charge in [0.1, 0.15) is 6.54 Å². The molecule has 0 atom stereocenters. The van der Waals surface area contributed by atoms with Crippen LogP contribution in [0.25, 0.3) is 10.7 Å². The van der Waals surface area contributed by atoms with E-state index in [9.17, 15) is 9.59 Å². The summed E-state index contributed by atoms with van der Waals surface area (Å²) in [5, 5.41) is 13.5. The van der Waals surface area contributed by atoms with E-state index in [4.69, 9.17) is 5.73 Å². The van der Waals surface area contributed by atoms with E-state index in [0.717, 1.165) is 4.88 Å².